The first-order valence-electron chi connectivity index (χ1n) is 15.5. The Kier molecular flexibility index (Phi) is 9.11. The lowest BCUT2D eigenvalue weighted by Crippen LogP contribution is -2.62. The Balaban J connectivity index is 1.69. The summed E-state index contributed by atoms with van der Waals surface area (Å²) in [4.78, 5) is 23.7. The van der Waals surface area contributed by atoms with Crippen molar-refractivity contribution in [1.82, 2.24) is 4.31 Å². The van der Waals surface area contributed by atoms with Gasteiger partial charge in [0.15, 0.2) is 0 Å². The summed E-state index contributed by atoms with van der Waals surface area (Å²) in [5.41, 5.74) is -0.252. The Bertz CT molecular complexity index is 1060. The van der Waals surface area contributed by atoms with E-state index in [1.54, 1.807) is 7.05 Å². The second-order valence-corrected chi connectivity index (χ2v) is 15.9. The Morgan fingerprint density at radius 1 is 1.05 bits per heavy atom. The van der Waals surface area contributed by atoms with Gasteiger partial charge in [0, 0.05) is 32.4 Å². The van der Waals surface area contributed by atoms with Gasteiger partial charge >= 0.3 is 22.2 Å². The van der Waals surface area contributed by atoms with Gasteiger partial charge in [-0.2, -0.15) is 12.7 Å². The largest absolute Gasteiger partial charge is 0.469 e. The summed E-state index contributed by atoms with van der Waals surface area (Å²) in [7, 11) is -0.876. The maximum absolute atomic E-state index is 13.4. The standard InChI is InChI=1S/C31H53NO7S/c1-9-32(7)40(35,36)39-27-18-26-23(15-16-29(4)19-22(38-21(3)33)14-17-30(26,29)5)25-12-11-24(31(25,27)6)20(2)10-13-28(34)37-8/h20,22-27H,9-19H2,1-8H3/t20-,22+,23-,24+,25-,26-,27-,29+,30-,31-/m1/s1. The maximum Gasteiger partial charge on any atom is 0.338 e. The van der Waals surface area contributed by atoms with E-state index in [0.717, 1.165) is 57.8 Å². The summed E-state index contributed by atoms with van der Waals surface area (Å²) in [6.07, 6.45) is 8.36. The lowest BCUT2D eigenvalue weighted by molar-refractivity contribution is -0.202. The minimum atomic E-state index is -3.89. The molecule has 0 N–H and O–H groups in total. The van der Waals surface area contributed by atoms with E-state index in [-0.39, 0.29) is 46.1 Å². The van der Waals surface area contributed by atoms with Crippen LogP contribution >= 0.6 is 0 Å². The van der Waals surface area contributed by atoms with Crippen LogP contribution in [0.25, 0.3) is 0 Å². The van der Waals surface area contributed by atoms with Crippen LogP contribution in [-0.4, -0.2) is 57.6 Å². The van der Waals surface area contributed by atoms with Crippen LogP contribution < -0.4 is 0 Å². The molecule has 4 aliphatic carbocycles. The molecule has 8 nitrogen and oxygen atoms in total. The molecule has 0 bridgehead atoms. The third-order valence-electron chi connectivity index (χ3n) is 12.6. The normalized spacial score (nSPS) is 41.9. The highest BCUT2D eigenvalue weighted by Gasteiger charge is 2.67. The van der Waals surface area contributed by atoms with Gasteiger partial charge in [-0.3, -0.25) is 13.8 Å². The van der Waals surface area contributed by atoms with Crippen molar-refractivity contribution >= 4 is 22.2 Å². The molecule has 0 aromatic carbocycles. The van der Waals surface area contributed by atoms with Gasteiger partial charge in [-0.25, -0.2) is 0 Å². The Morgan fingerprint density at radius 3 is 2.38 bits per heavy atom. The molecule has 0 radical (unpaired) electrons. The molecule has 0 aromatic rings. The van der Waals surface area contributed by atoms with Crippen LogP contribution in [0.5, 0.6) is 0 Å². The number of rotatable bonds is 9. The average molecular weight is 584 g/mol. The molecule has 9 heteroatoms. The van der Waals surface area contributed by atoms with Gasteiger partial charge in [-0.05, 0) is 98.2 Å². The van der Waals surface area contributed by atoms with Crippen LogP contribution in [0.15, 0.2) is 0 Å². The van der Waals surface area contributed by atoms with E-state index >= 15 is 0 Å². The molecular formula is C31H53NO7S. The van der Waals surface area contributed by atoms with E-state index in [9.17, 15) is 18.0 Å². The average Bonchev–Trinajstić information content (AvgIpc) is 3.25. The van der Waals surface area contributed by atoms with Gasteiger partial charge in [0.2, 0.25) is 0 Å². The summed E-state index contributed by atoms with van der Waals surface area (Å²) in [6, 6.07) is 0. The van der Waals surface area contributed by atoms with Crippen LogP contribution in [0.1, 0.15) is 106 Å². The van der Waals surface area contributed by atoms with Crippen molar-refractivity contribution in [3.05, 3.63) is 0 Å². The van der Waals surface area contributed by atoms with Crippen LogP contribution in [0.4, 0.5) is 0 Å². The molecule has 230 valence electrons. The van der Waals surface area contributed by atoms with Gasteiger partial charge in [0.05, 0.1) is 13.2 Å². The van der Waals surface area contributed by atoms with Crippen molar-refractivity contribution in [2.24, 2.45) is 45.8 Å². The first-order valence-corrected chi connectivity index (χ1v) is 16.9. The molecule has 0 unspecified atom stereocenters. The zero-order chi connectivity index (χ0) is 29.7. The molecular weight excluding hydrogens is 530 g/mol. The SMILES string of the molecule is CCN(C)S(=O)(=O)O[C@@H]1C[C@@H]2[C@H](CC[C@@]3(C)C[C@@H](OC(C)=O)CC[C@]23C)[C@H]2CC[C@@H]([C@H](C)CCC(=O)OC)[C@]21C. The predicted octanol–water partition coefficient (Wildman–Crippen LogP) is 5.75. The molecule has 10 atom stereocenters. The zero-order valence-corrected chi connectivity index (χ0v) is 26.8. The lowest BCUT2D eigenvalue weighted by atomic mass is 9.39. The van der Waals surface area contributed by atoms with Crippen LogP contribution in [0.2, 0.25) is 0 Å². The van der Waals surface area contributed by atoms with Crippen molar-refractivity contribution in [3.8, 4) is 0 Å². The van der Waals surface area contributed by atoms with Crippen LogP contribution in [0.3, 0.4) is 0 Å². The smallest absolute Gasteiger partial charge is 0.338 e. The van der Waals surface area contributed by atoms with Crippen molar-refractivity contribution in [2.45, 2.75) is 118 Å². The Hall–Kier alpha value is -1.19. The van der Waals surface area contributed by atoms with Crippen molar-refractivity contribution in [1.29, 1.82) is 0 Å². The third-order valence-corrected chi connectivity index (χ3v) is 14.1. The summed E-state index contributed by atoms with van der Waals surface area (Å²) in [5, 5.41) is 0. The van der Waals surface area contributed by atoms with Gasteiger partial charge in [-0.15, -0.1) is 0 Å². The monoisotopic (exact) mass is 583 g/mol. The summed E-state index contributed by atoms with van der Waals surface area (Å²) >= 11 is 0. The summed E-state index contributed by atoms with van der Waals surface area (Å²) < 4.78 is 45.0. The second-order valence-electron chi connectivity index (χ2n) is 14.2. The Labute approximate surface area is 242 Å². The molecule has 4 saturated carbocycles. The summed E-state index contributed by atoms with van der Waals surface area (Å²) in [6.45, 7) is 13.0. The van der Waals surface area contributed by atoms with E-state index in [1.807, 2.05) is 6.92 Å². The molecule has 0 aromatic heterocycles. The molecule has 0 saturated heterocycles. The fraction of sp³-hybridized carbons (Fsp3) is 0.935. The van der Waals surface area contributed by atoms with Gasteiger partial charge in [-0.1, -0.05) is 34.6 Å². The van der Waals surface area contributed by atoms with E-state index in [0.29, 0.717) is 30.7 Å². The predicted molar refractivity (Wildman–Crippen MR) is 153 cm³/mol. The van der Waals surface area contributed by atoms with Gasteiger partial charge in [0.25, 0.3) is 0 Å². The first-order chi connectivity index (χ1) is 18.6. The minimum absolute atomic E-state index is 0.0184. The number of ether oxygens (including phenoxy) is 2. The highest BCUT2D eigenvalue weighted by atomic mass is 32.2. The number of hydrogen-bond acceptors (Lipinski definition) is 7. The molecule has 0 spiro atoms. The molecule has 0 aliphatic heterocycles. The number of nitrogens with zero attached hydrogens (tertiary/aromatic N) is 1. The van der Waals surface area contributed by atoms with E-state index in [4.69, 9.17) is 13.7 Å². The second kappa shape index (κ2) is 11.5. The highest BCUT2D eigenvalue weighted by molar-refractivity contribution is 7.84. The van der Waals surface area contributed by atoms with E-state index in [1.165, 1.54) is 18.3 Å². The number of esters is 2. The number of carbonyl (C=O) groups is 2. The Morgan fingerprint density at radius 2 is 1.75 bits per heavy atom. The highest BCUT2D eigenvalue weighted by Crippen LogP contribution is 2.72. The van der Waals surface area contributed by atoms with E-state index < -0.39 is 16.4 Å². The fourth-order valence-electron chi connectivity index (χ4n) is 9.99. The van der Waals surface area contributed by atoms with E-state index in [2.05, 4.69) is 27.7 Å². The number of carbonyl (C=O) groups excluding carboxylic acids is 2. The number of methoxy groups -OCH3 is 1. The van der Waals surface area contributed by atoms with Crippen LogP contribution in [-0.2, 0) is 33.6 Å². The van der Waals surface area contributed by atoms with Crippen molar-refractivity contribution < 1.29 is 31.7 Å². The van der Waals surface area contributed by atoms with Crippen molar-refractivity contribution in [3.63, 3.8) is 0 Å². The van der Waals surface area contributed by atoms with Crippen molar-refractivity contribution in [2.75, 3.05) is 20.7 Å². The zero-order valence-electron chi connectivity index (χ0n) is 26.0. The van der Waals surface area contributed by atoms with Gasteiger partial charge in [0.1, 0.15) is 6.10 Å². The van der Waals surface area contributed by atoms with Gasteiger partial charge < -0.3 is 9.47 Å². The molecule has 0 amide bonds. The quantitative estimate of drug-likeness (QED) is 0.319. The molecule has 4 aliphatic rings. The minimum Gasteiger partial charge on any atom is -0.469 e. The summed E-state index contributed by atoms with van der Waals surface area (Å²) in [5.74, 6) is 1.35. The number of fused-ring (bicyclic) bond motifs is 5. The third kappa shape index (κ3) is 5.36. The molecule has 40 heavy (non-hydrogen) atoms. The maximum atomic E-state index is 13.4. The molecule has 0 heterocycles. The number of hydrogen-bond donors (Lipinski definition) is 0. The fourth-order valence-corrected chi connectivity index (χ4v) is 11.0. The first kappa shape index (κ1) is 31.7. The lowest BCUT2D eigenvalue weighted by Gasteiger charge is -2.66. The van der Waals surface area contributed by atoms with Crippen LogP contribution in [0, 0.1) is 45.8 Å². The topological polar surface area (TPSA) is 99.2 Å². The molecule has 4 rings (SSSR count). The molecule has 4 fully saturated rings.